The second kappa shape index (κ2) is 8.24. The summed E-state index contributed by atoms with van der Waals surface area (Å²) in [5.41, 5.74) is 1.97. The summed E-state index contributed by atoms with van der Waals surface area (Å²) in [4.78, 5) is 12.0. The Morgan fingerprint density at radius 2 is 1.78 bits per heavy atom. The largest absolute Gasteiger partial charge is 0.457 e. The van der Waals surface area contributed by atoms with Crippen molar-refractivity contribution in [2.45, 2.75) is 19.8 Å². The van der Waals surface area contributed by atoms with Crippen LogP contribution in [-0.4, -0.2) is 19.7 Å². The van der Waals surface area contributed by atoms with Gasteiger partial charge in [-0.05, 0) is 35.4 Å². The first kappa shape index (κ1) is 16.9. The number of carbonyl (C=O) groups excluding carboxylic acids is 1. The number of hydrogen-bond acceptors (Lipinski definition) is 4. The lowest BCUT2D eigenvalue weighted by atomic mass is 10.1. The van der Waals surface area contributed by atoms with E-state index >= 15 is 0 Å². The standard InChI is InChI=1S/C17H16F2O4/c1-21-10-13-3-2-4-14(9-13)16(20)22-11-12-5-7-15(8-6-12)23-17(18)19/h2-9,17H,10-11H2,1H3. The van der Waals surface area contributed by atoms with Crippen molar-refractivity contribution in [2.75, 3.05) is 7.11 Å². The minimum atomic E-state index is -2.86. The minimum Gasteiger partial charge on any atom is -0.457 e. The average molecular weight is 322 g/mol. The summed E-state index contributed by atoms with van der Waals surface area (Å²) < 4.78 is 38.6. The van der Waals surface area contributed by atoms with E-state index in [9.17, 15) is 13.6 Å². The third-order valence-corrected chi connectivity index (χ3v) is 2.99. The van der Waals surface area contributed by atoms with Crippen molar-refractivity contribution >= 4 is 5.97 Å². The fraction of sp³-hybridized carbons (Fsp3) is 0.235. The topological polar surface area (TPSA) is 44.8 Å². The molecule has 0 aliphatic carbocycles. The molecule has 6 heteroatoms. The Morgan fingerprint density at radius 1 is 1.04 bits per heavy atom. The third-order valence-electron chi connectivity index (χ3n) is 2.99. The van der Waals surface area contributed by atoms with Gasteiger partial charge in [0.1, 0.15) is 12.4 Å². The first-order valence-electron chi connectivity index (χ1n) is 6.87. The molecular weight excluding hydrogens is 306 g/mol. The van der Waals surface area contributed by atoms with E-state index in [2.05, 4.69) is 4.74 Å². The molecule has 2 aromatic carbocycles. The third kappa shape index (κ3) is 5.34. The Bertz CT molecular complexity index is 641. The second-order valence-corrected chi connectivity index (χ2v) is 4.73. The quantitative estimate of drug-likeness (QED) is 0.728. The van der Waals surface area contributed by atoms with E-state index < -0.39 is 12.6 Å². The minimum absolute atomic E-state index is 0.0439. The highest BCUT2D eigenvalue weighted by molar-refractivity contribution is 5.89. The highest BCUT2D eigenvalue weighted by atomic mass is 19.3. The number of benzene rings is 2. The number of rotatable bonds is 7. The van der Waals surface area contributed by atoms with Crippen LogP contribution in [0.4, 0.5) is 8.78 Å². The van der Waals surface area contributed by atoms with Gasteiger partial charge in [0.25, 0.3) is 0 Å². The molecule has 0 amide bonds. The van der Waals surface area contributed by atoms with Crippen LogP contribution in [0, 0.1) is 0 Å². The van der Waals surface area contributed by atoms with Crippen LogP contribution in [0.5, 0.6) is 5.75 Å². The van der Waals surface area contributed by atoms with Gasteiger partial charge in [0.05, 0.1) is 12.2 Å². The maximum atomic E-state index is 12.0. The monoisotopic (exact) mass is 322 g/mol. The highest BCUT2D eigenvalue weighted by Crippen LogP contribution is 2.16. The summed E-state index contributed by atoms with van der Waals surface area (Å²) in [5, 5.41) is 0. The molecule has 122 valence electrons. The lowest BCUT2D eigenvalue weighted by Gasteiger charge is -2.08. The first-order valence-corrected chi connectivity index (χ1v) is 6.87. The summed E-state index contributed by atoms with van der Waals surface area (Å²) >= 11 is 0. The van der Waals surface area contributed by atoms with Crippen LogP contribution in [0.15, 0.2) is 48.5 Å². The van der Waals surface area contributed by atoms with Crippen molar-refractivity contribution in [2.24, 2.45) is 0 Å². The second-order valence-electron chi connectivity index (χ2n) is 4.73. The lowest BCUT2D eigenvalue weighted by molar-refractivity contribution is -0.0498. The van der Waals surface area contributed by atoms with Crippen molar-refractivity contribution in [1.29, 1.82) is 0 Å². The number of carbonyl (C=O) groups is 1. The van der Waals surface area contributed by atoms with Gasteiger partial charge in [-0.3, -0.25) is 0 Å². The zero-order valence-electron chi connectivity index (χ0n) is 12.5. The van der Waals surface area contributed by atoms with Gasteiger partial charge < -0.3 is 14.2 Å². The van der Waals surface area contributed by atoms with Gasteiger partial charge in [-0.2, -0.15) is 8.78 Å². The zero-order valence-corrected chi connectivity index (χ0v) is 12.5. The SMILES string of the molecule is COCc1cccc(C(=O)OCc2ccc(OC(F)F)cc2)c1. The Morgan fingerprint density at radius 3 is 2.43 bits per heavy atom. The molecule has 2 aromatic rings. The fourth-order valence-electron chi connectivity index (χ4n) is 1.95. The molecule has 0 N–H and O–H groups in total. The van der Waals surface area contributed by atoms with E-state index in [4.69, 9.17) is 9.47 Å². The van der Waals surface area contributed by atoms with Gasteiger partial charge >= 0.3 is 12.6 Å². The zero-order chi connectivity index (χ0) is 16.7. The molecule has 0 aliphatic heterocycles. The van der Waals surface area contributed by atoms with Crippen molar-refractivity contribution in [3.05, 3.63) is 65.2 Å². The molecule has 0 aromatic heterocycles. The molecule has 0 aliphatic rings. The van der Waals surface area contributed by atoms with Crippen molar-refractivity contribution in [1.82, 2.24) is 0 Å². The molecule has 0 unspecified atom stereocenters. The van der Waals surface area contributed by atoms with E-state index in [1.165, 1.54) is 12.1 Å². The van der Waals surface area contributed by atoms with Crippen LogP contribution in [0.3, 0.4) is 0 Å². The number of ether oxygens (including phenoxy) is 3. The van der Waals surface area contributed by atoms with Gasteiger partial charge in [-0.1, -0.05) is 24.3 Å². The van der Waals surface area contributed by atoms with Crippen LogP contribution in [0.1, 0.15) is 21.5 Å². The van der Waals surface area contributed by atoms with Crippen LogP contribution in [0.25, 0.3) is 0 Å². The summed E-state index contributed by atoms with van der Waals surface area (Å²) in [7, 11) is 1.58. The molecule has 0 fully saturated rings. The molecule has 0 radical (unpaired) electrons. The molecule has 0 atom stereocenters. The summed E-state index contributed by atoms with van der Waals surface area (Å²) in [5.74, 6) is -0.404. The number of methoxy groups -OCH3 is 1. The van der Waals surface area contributed by atoms with E-state index in [-0.39, 0.29) is 12.4 Å². The number of alkyl halides is 2. The van der Waals surface area contributed by atoms with E-state index in [0.29, 0.717) is 17.7 Å². The fourth-order valence-corrected chi connectivity index (χ4v) is 1.95. The van der Waals surface area contributed by atoms with Crippen LogP contribution in [0.2, 0.25) is 0 Å². The Kier molecular flexibility index (Phi) is 6.05. The highest BCUT2D eigenvalue weighted by Gasteiger charge is 2.09. The maximum Gasteiger partial charge on any atom is 0.387 e. The summed E-state index contributed by atoms with van der Waals surface area (Å²) in [6.07, 6.45) is 0. The van der Waals surface area contributed by atoms with Crippen molar-refractivity contribution in [3.8, 4) is 5.75 Å². The molecule has 0 bridgehead atoms. The van der Waals surface area contributed by atoms with Crippen LogP contribution in [-0.2, 0) is 22.7 Å². The number of halogens is 2. The van der Waals surface area contributed by atoms with E-state index in [1.807, 2.05) is 6.07 Å². The summed E-state index contributed by atoms with van der Waals surface area (Å²) in [6.45, 7) is -2.41. The number of hydrogen-bond donors (Lipinski definition) is 0. The molecule has 0 heterocycles. The van der Waals surface area contributed by atoms with Crippen LogP contribution >= 0.6 is 0 Å². The molecule has 23 heavy (non-hydrogen) atoms. The van der Waals surface area contributed by atoms with Gasteiger partial charge in [0.15, 0.2) is 0 Å². The molecule has 4 nitrogen and oxygen atoms in total. The Balaban J connectivity index is 1.92. The number of esters is 1. The lowest BCUT2D eigenvalue weighted by Crippen LogP contribution is -2.06. The molecule has 0 saturated carbocycles. The van der Waals surface area contributed by atoms with Crippen molar-refractivity contribution in [3.63, 3.8) is 0 Å². The predicted octanol–water partition coefficient (Wildman–Crippen LogP) is 3.79. The maximum absolute atomic E-state index is 12.0. The van der Waals surface area contributed by atoms with Gasteiger partial charge in [-0.25, -0.2) is 4.79 Å². The smallest absolute Gasteiger partial charge is 0.387 e. The van der Waals surface area contributed by atoms with Crippen molar-refractivity contribution < 1.29 is 27.8 Å². The average Bonchev–Trinajstić information content (AvgIpc) is 2.54. The van der Waals surface area contributed by atoms with Gasteiger partial charge in [0, 0.05) is 7.11 Å². The molecule has 0 saturated heterocycles. The Hall–Kier alpha value is -2.47. The van der Waals surface area contributed by atoms with Gasteiger partial charge in [0.2, 0.25) is 0 Å². The Labute approximate surface area is 132 Å². The van der Waals surface area contributed by atoms with Crippen LogP contribution < -0.4 is 4.74 Å². The molecular formula is C17H16F2O4. The molecule has 2 rings (SSSR count). The van der Waals surface area contributed by atoms with E-state index in [0.717, 1.165) is 5.56 Å². The summed E-state index contributed by atoms with van der Waals surface area (Å²) in [6, 6.07) is 12.9. The normalized spacial score (nSPS) is 10.6. The predicted molar refractivity (Wildman–Crippen MR) is 79.3 cm³/mol. The first-order chi connectivity index (χ1) is 11.1. The van der Waals surface area contributed by atoms with E-state index in [1.54, 1.807) is 37.4 Å². The molecule has 0 spiro atoms. The van der Waals surface area contributed by atoms with Gasteiger partial charge in [-0.15, -0.1) is 0 Å².